The minimum absolute atomic E-state index is 0.465. The summed E-state index contributed by atoms with van der Waals surface area (Å²) < 4.78 is 537. The van der Waals surface area contributed by atoms with Crippen LogP contribution in [-0.4, -0.2) is 0 Å². The first-order chi connectivity index (χ1) is 72.8. The molecule has 0 saturated heterocycles. The predicted octanol–water partition coefficient (Wildman–Crippen LogP) is 27.6. The number of fused-ring (bicyclic) bond motifs is 18. The van der Waals surface area contributed by atoms with E-state index in [4.69, 9.17) is 58.2 Å². The fourth-order valence-corrected chi connectivity index (χ4v) is 12.2. The van der Waals surface area contributed by atoms with E-state index >= 15 is 0 Å². The Bertz CT molecular complexity index is 10400. The number of furan rings is 2. The first-order valence-electron chi connectivity index (χ1n) is 58.1. The van der Waals surface area contributed by atoms with Crippen molar-refractivity contribution in [3.8, 4) is 66.8 Å². The highest BCUT2D eigenvalue weighted by Crippen LogP contribution is 2.51. The lowest BCUT2D eigenvalue weighted by molar-refractivity contribution is 0.672. The molecule has 0 aliphatic heterocycles. The molecule has 0 aliphatic rings. The van der Waals surface area contributed by atoms with Crippen LogP contribution in [0.3, 0.4) is 0 Å². The van der Waals surface area contributed by atoms with Crippen molar-refractivity contribution in [2.24, 2.45) is 0 Å². The van der Waals surface area contributed by atoms with Crippen LogP contribution in [-0.2, 0) is 0 Å². The van der Waals surface area contributed by atoms with E-state index < -0.39 is 558 Å². The zero-order valence-electron chi connectivity index (χ0n) is 107. The zero-order chi connectivity index (χ0) is 115. The highest BCUT2D eigenvalue weighted by molar-refractivity contribution is 6.29. The minimum Gasteiger partial charge on any atom is -0.455 e. The van der Waals surface area contributed by atoms with Gasteiger partial charge < -0.3 is 8.83 Å². The van der Waals surface area contributed by atoms with Crippen LogP contribution >= 0.6 is 0 Å². The highest BCUT2D eigenvalue weighted by atomic mass is 16.3. The molecule has 0 saturated carbocycles. The average molecular weight is 1300 g/mol. The Labute approximate surface area is 646 Å². The van der Waals surface area contributed by atoms with Gasteiger partial charge in [-0.25, -0.2) is 0 Å². The van der Waals surface area contributed by atoms with Gasteiger partial charge in [-0.3, -0.25) is 0 Å². The molecule has 21 rings (SSSR count). The van der Waals surface area contributed by atoms with Crippen LogP contribution in [0, 0.1) is 0 Å². The van der Waals surface area contributed by atoms with E-state index in [9.17, 15) is 30.2 Å². The fourth-order valence-electron chi connectivity index (χ4n) is 12.2. The molecule has 0 fully saturated rings. The monoisotopic (exact) mass is 1300 g/mol. The Hall–Kier alpha value is -12.9. The molecule has 0 unspecified atom stereocenters. The summed E-state index contributed by atoms with van der Waals surface area (Å²) in [7, 11) is 0. The summed E-state index contributed by atoms with van der Waals surface area (Å²) in [5, 5.41) is -13.8. The van der Waals surface area contributed by atoms with Crippen molar-refractivity contribution in [2.45, 2.75) is 0 Å². The van der Waals surface area contributed by atoms with E-state index in [0.717, 1.165) is 0 Å². The van der Waals surface area contributed by atoms with Crippen molar-refractivity contribution in [3.63, 3.8) is 0 Å². The van der Waals surface area contributed by atoms with E-state index in [2.05, 4.69) is 0 Å². The Morgan fingerprint density at radius 1 is 0.173 bits per heavy atom. The summed E-state index contributed by atoms with van der Waals surface area (Å²) in [6.07, 6.45) is 0. The van der Waals surface area contributed by atoms with Crippen LogP contribution in [0.15, 0.2) is 359 Å². The highest BCUT2D eigenvalue weighted by Gasteiger charge is 2.24. The van der Waals surface area contributed by atoms with Gasteiger partial charge in [-0.05, 0) is 201 Å². The molecule has 0 N–H and O–H groups in total. The molecule has 19 aromatic carbocycles. The lowest BCUT2D eigenvalue weighted by Gasteiger charge is -2.18. The van der Waals surface area contributed by atoms with Crippen LogP contribution in [0.2, 0.25) is 0 Å². The summed E-state index contributed by atoms with van der Waals surface area (Å²) in [5.74, 6) is 0. The van der Waals surface area contributed by atoms with Gasteiger partial charge in [-0.15, -0.1) is 0 Å². The molecule has 0 spiro atoms. The molecule has 0 radical (unpaired) electrons. The van der Waals surface area contributed by atoms with Gasteiger partial charge in [0.05, 0.1) is 79.5 Å². The third-order valence-corrected chi connectivity index (χ3v) is 16.3. The predicted molar refractivity (Wildman–Crippen MR) is 418 cm³/mol. The van der Waals surface area contributed by atoms with E-state index in [1.54, 1.807) is 0 Å². The van der Waals surface area contributed by atoms with Gasteiger partial charge in [0.1, 0.15) is 22.3 Å². The van der Waals surface area contributed by atoms with Gasteiger partial charge in [-0.2, -0.15) is 0 Å². The van der Waals surface area contributed by atoms with E-state index in [-0.39, 0.29) is 0 Å². The Morgan fingerprint density at radius 3 is 0.939 bits per heavy atom. The largest absolute Gasteiger partial charge is 0.455 e. The van der Waals surface area contributed by atoms with E-state index in [0.29, 0.717) is 0 Å². The fraction of sp³-hybridized carbons (Fsp3) is 0. The van der Waals surface area contributed by atoms with Gasteiger partial charge in [0, 0.05) is 32.3 Å². The third kappa shape index (κ3) is 8.82. The molecular weight excluding hydrogens is 1190 g/mol. The molecule has 2 heterocycles. The van der Waals surface area contributed by atoms with Crippen molar-refractivity contribution in [1.29, 1.82) is 0 Å². The molecular formula is C96H58O2. The first kappa shape index (κ1) is 22.9. The molecule has 2 nitrogen and oxygen atoms in total. The number of hydrogen-bond donors (Lipinski definition) is 0. The summed E-state index contributed by atoms with van der Waals surface area (Å²) in [4.78, 5) is 0. The average Bonchev–Trinajstić information content (AvgIpc) is 0.957. The SMILES string of the molecule is [2H]c1c([2H])c(-c2c([2H])c([2H])c3c([2H])c([2H])c([2H])c([2H])c3c2[2H])c([2H])c(-c2c3c([2H])c([2H])c([2H])c([2H])c3c(-c3c([2H])c([2H])c([2H])c4oc5c6c([2H])c([2H])c([2H])c([2H])c6c([2H])c([2H])c5c34)c3c([2H])c([2H])c([2H])c([2H])c23)c1[2H].[2H]c1c([2H])c(-c2c([2H])c([2H])c3c(c2[2H])c([2H])c([2H])c2c([2H])c([2H])c([2H])c([2H])c23)c([2H])c(-c2c3c([2H])c([2H])c([2H])c([2H])c3c(-c3c([2H])c([2H])c([2H])c4oc5c6c([2H])c([2H])c([2H])c([2H])c6c([2H])c([2H])c5c34)c3c([2H])c([2H])c([2H])c([2H])c23)c1[2H]. The van der Waals surface area contributed by atoms with Crippen molar-refractivity contribution >= 4 is 141 Å². The van der Waals surface area contributed by atoms with Crippen LogP contribution < -0.4 is 0 Å². The maximum absolute atomic E-state index is 9.95. The van der Waals surface area contributed by atoms with Gasteiger partial charge in [0.15, 0.2) is 0 Å². The smallest absolute Gasteiger partial charge is 0.143 e. The maximum atomic E-state index is 9.95. The molecule has 2 aromatic heterocycles. The van der Waals surface area contributed by atoms with Gasteiger partial charge in [-0.1, -0.05) is 302 Å². The maximum Gasteiger partial charge on any atom is 0.143 e. The van der Waals surface area contributed by atoms with E-state index in [1.807, 2.05) is 0 Å². The number of benzene rings is 19. The second-order valence-corrected chi connectivity index (χ2v) is 21.5. The second-order valence-electron chi connectivity index (χ2n) is 21.5. The summed E-state index contributed by atoms with van der Waals surface area (Å²) in [6.45, 7) is 0. The van der Waals surface area contributed by atoms with Crippen LogP contribution in [0.25, 0.3) is 208 Å². The van der Waals surface area contributed by atoms with Crippen LogP contribution in [0.1, 0.15) is 79.5 Å². The minimum atomic E-state index is -1.13. The molecule has 0 atom stereocenters. The van der Waals surface area contributed by atoms with Crippen molar-refractivity contribution < 1.29 is 88.3 Å². The van der Waals surface area contributed by atoms with E-state index in [1.165, 1.54) is 0 Å². The summed E-state index contributed by atoms with van der Waals surface area (Å²) >= 11 is 0. The molecule has 98 heavy (non-hydrogen) atoms. The zero-order valence-corrected chi connectivity index (χ0v) is 48.8. The molecule has 454 valence electrons. The normalized spacial score (nSPS) is 20.2. The molecule has 0 amide bonds. The van der Waals surface area contributed by atoms with Gasteiger partial charge in [0.2, 0.25) is 0 Å². The summed E-state index contributed by atoms with van der Waals surface area (Å²) in [6, 6.07) is -54.3. The molecule has 0 aliphatic carbocycles. The van der Waals surface area contributed by atoms with Crippen LogP contribution in [0.5, 0.6) is 0 Å². The first-order valence-corrected chi connectivity index (χ1v) is 29.1. The third-order valence-electron chi connectivity index (χ3n) is 16.3. The van der Waals surface area contributed by atoms with Crippen molar-refractivity contribution in [3.05, 3.63) is 350 Å². The quantitative estimate of drug-likeness (QED) is 0.123. The Kier molecular flexibility index (Phi) is 5.24. The Balaban J connectivity index is 0.000000188. The molecule has 0 bridgehead atoms. The number of hydrogen-bond acceptors (Lipinski definition) is 2. The number of rotatable bonds is 6. The summed E-state index contributed by atoms with van der Waals surface area (Å²) in [5.41, 5.74) is -12.3. The topological polar surface area (TPSA) is 26.3 Å². The van der Waals surface area contributed by atoms with Crippen molar-refractivity contribution in [1.82, 2.24) is 0 Å². The molecule has 2 heteroatoms. The van der Waals surface area contributed by atoms with Crippen molar-refractivity contribution in [2.75, 3.05) is 0 Å². The second kappa shape index (κ2) is 22.4. The standard InChI is InChI=1S/C50H30O.C46H28O/c1-3-15-37-31(11-1)23-24-35-29-34(26-27-38(35)37)33-13-9-14-36(30-33)47-40-17-5-7-19-42(40)48(43-20-8-6-18-41(43)47)44-21-10-22-46-49(44)45-28-25-32-12-2-4-16-39(32)50(45)51-46;1-2-13-31-27-33(24-23-29(31)11-1)32-14-9-15-34(28-32)43-36-17-5-7-19-38(36)44(39-20-8-6-18-37(39)43)40-21-10-22-42-45(40)41-26-25-30-12-3-4-16-35(30)46(41)47-42/h1-30H;1-28H/i1D,2D,3D,4D,5D,6D,7D,8D,9D,10D,11D,12D,13D,14D,15D,16D,17D,18D,19D,20D,21D,22D,23D,24D,25D,26D,27D,28D,29D,30D;1D,2D,3D,4D,5D,6D,7D,8D,9D,10D,11D,12D,13D,14D,15D,16D,17D,18D,19D,20D,21D,22D,23D,24D,25D,26D,27D,28D. The van der Waals surface area contributed by atoms with Gasteiger partial charge in [0.25, 0.3) is 0 Å². The van der Waals surface area contributed by atoms with Gasteiger partial charge >= 0.3 is 0 Å². The lowest BCUT2D eigenvalue weighted by atomic mass is 9.84. The lowest BCUT2D eigenvalue weighted by Crippen LogP contribution is -1.91. The van der Waals surface area contributed by atoms with Crippen LogP contribution in [0.4, 0.5) is 0 Å². The Morgan fingerprint density at radius 2 is 0.469 bits per heavy atom. The molecule has 21 aromatic rings.